The number of benzene rings is 7. The predicted octanol–water partition coefficient (Wildman–Crippen LogP) is 11.5. The highest BCUT2D eigenvalue weighted by atomic mass is 16.3. The van der Waals surface area contributed by atoms with Gasteiger partial charge in [0.15, 0.2) is 0 Å². The van der Waals surface area contributed by atoms with Crippen molar-refractivity contribution in [2.45, 2.75) is 0 Å². The Morgan fingerprint density at radius 3 is 1.52 bits per heavy atom. The summed E-state index contributed by atoms with van der Waals surface area (Å²) in [6.07, 6.45) is 0. The highest BCUT2D eigenvalue weighted by molar-refractivity contribution is 6.25. The average molecular weight is 538 g/mol. The predicted molar refractivity (Wildman–Crippen MR) is 177 cm³/mol. The molecule has 0 aliphatic rings. The van der Waals surface area contributed by atoms with Gasteiger partial charge in [0.2, 0.25) is 0 Å². The van der Waals surface area contributed by atoms with Crippen molar-refractivity contribution in [3.05, 3.63) is 164 Å². The molecule has 0 unspecified atom stereocenters. The van der Waals surface area contributed by atoms with E-state index in [4.69, 9.17) is 4.42 Å². The maximum atomic E-state index is 6.48. The van der Waals surface area contributed by atoms with E-state index in [2.05, 4.69) is 169 Å². The number of hydrogen-bond acceptors (Lipinski definition) is 2. The van der Waals surface area contributed by atoms with Crippen LogP contribution >= 0.6 is 0 Å². The summed E-state index contributed by atoms with van der Waals surface area (Å²) in [7, 11) is 0. The van der Waals surface area contributed by atoms with Gasteiger partial charge >= 0.3 is 0 Å². The van der Waals surface area contributed by atoms with Gasteiger partial charge in [-0.25, -0.2) is 0 Å². The molecule has 1 heterocycles. The summed E-state index contributed by atoms with van der Waals surface area (Å²) in [5.74, 6) is 0. The molecule has 0 radical (unpaired) electrons. The smallest absolute Gasteiger partial charge is 0.136 e. The molecule has 2 nitrogen and oxygen atoms in total. The van der Waals surface area contributed by atoms with Crippen molar-refractivity contribution >= 4 is 49.8 Å². The van der Waals surface area contributed by atoms with Gasteiger partial charge in [0.1, 0.15) is 11.2 Å². The molecule has 42 heavy (non-hydrogen) atoms. The van der Waals surface area contributed by atoms with E-state index in [1.807, 2.05) is 0 Å². The van der Waals surface area contributed by atoms with Crippen molar-refractivity contribution in [2.24, 2.45) is 0 Å². The number of hydrogen-bond donors (Lipinski definition) is 0. The molecule has 0 aliphatic carbocycles. The van der Waals surface area contributed by atoms with E-state index in [0.29, 0.717) is 0 Å². The lowest BCUT2D eigenvalue weighted by Gasteiger charge is -2.25. The van der Waals surface area contributed by atoms with Crippen LogP contribution in [0.1, 0.15) is 0 Å². The van der Waals surface area contributed by atoms with Crippen LogP contribution in [-0.4, -0.2) is 0 Å². The molecular weight excluding hydrogens is 510 g/mol. The number of rotatable bonds is 5. The van der Waals surface area contributed by atoms with Gasteiger partial charge in [0, 0.05) is 33.2 Å². The van der Waals surface area contributed by atoms with E-state index in [9.17, 15) is 0 Å². The molecule has 2 heteroatoms. The van der Waals surface area contributed by atoms with E-state index in [0.717, 1.165) is 44.6 Å². The fourth-order valence-electron chi connectivity index (χ4n) is 6.18. The van der Waals surface area contributed by atoms with Gasteiger partial charge in [-0.1, -0.05) is 115 Å². The molecule has 0 saturated carbocycles. The van der Waals surface area contributed by atoms with Gasteiger partial charge in [0.25, 0.3) is 0 Å². The molecule has 0 fully saturated rings. The second-order valence-electron chi connectivity index (χ2n) is 10.5. The molecule has 0 aliphatic heterocycles. The van der Waals surface area contributed by atoms with Crippen LogP contribution in [0.3, 0.4) is 0 Å². The zero-order chi connectivity index (χ0) is 27.9. The Balaban J connectivity index is 1.33. The maximum Gasteiger partial charge on any atom is 0.136 e. The second kappa shape index (κ2) is 10.1. The van der Waals surface area contributed by atoms with Gasteiger partial charge in [-0.05, 0) is 76.2 Å². The summed E-state index contributed by atoms with van der Waals surface area (Å²) in [6.45, 7) is 0. The Labute approximate surface area is 244 Å². The van der Waals surface area contributed by atoms with Gasteiger partial charge in [-0.15, -0.1) is 0 Å². The summed E-state index contributed by atoms with van der Waals surface area (Å²) in [6, 6.07) is 57.7. The van der Waals surface area contributed by atoms with E-state index in [1.165, 1.54) is 27.5 Å². The van der Waals surface area contributed by atoms with E-state index >= 15 is 0 Å². The van der Waals surface area contributed by atoms with E-state index in [-0.39, 0.29) is 0 Å². The Bertz CT molecular complexity index is 2120. The molecule has 0 spiro atoms. The zero-order valence-corrected chi connectivity index (χ0v) is 22.9. The normalized spacial score (nSPS) is 11.3. The van der Waals surface area contributed by atoms with Crippen LogP contribution in [0.4, 0.5) is 17.1 Å². The van der Waals surface area contributed by atoms with Crippen molar-refractivity contribution in [1.82, 2.24) is 0 Å². The molecule has 8 aromatic rings. The lowest BCUT2D eigenvalue weighted by Crippen LogP contribution is -2.09. The van der Waals surface area contributed by atoms with E-state index < -0.39 is 0 Å². The molecule has 1 aromatic heterocycles. The highest BCUT2D eigenvalue weighted by Gasteiger charge is 2.18. The average Bonchev–Trinajstić information content (AvgIpc) is 3.46. The summed E-state index contributed by atoms with van der Waals surface area (Å²) >= 11 is 0. The number of para-hydroxylation sites is 2. The summed E-state index contributed by atoms with van der Waals surface area (Å²) < 4.78 is 6.48. The molecule has 0 saturated heterocycles. The molecule has 0 atom stereocenters. The van der Waals surface area contributed by atoms with Gasteiger partial charge in [-0.3, -0.25) is 0 Å². The molecule has 7 aromatic carbocycles. The number of fused-ring (bicyclic) bond motifs is 5. The fourth-order valence-corrected chi connectivity index (χ4v) is 6.18. The molecule has 0 N–H and O–H groups in total. The van der Waals surface area contributed by atoms with Crippen LogP contribution in [0.25, 0.3) is 55.0 Å². The van der Waals surface area contributed by atoms with Gasteiger partial charge in [-0.2, -0.15) is 0 Å². The molecule has 8 rings (SSSR count). The number of nitrogens with zero attached hydrogens (tertiary/aromatic N) is 1. The molecule has 198 valence electrons. The molecule has 0 amide bonds. The van der Waals surface area contributed by atoms with Gasteiger partial charge < -0.3 is 9.32 Å². The Kier molecular flexibility index (Phi) is 5.82. The second-order valence-corrected chi connectivity index (χ2v) is 10.5. The summed E-state index contributed by atoms with van der Waals surface area (Å²) in [5.41, 5.74) is 9.90. The first-order valence-corrected chi connectivity index (χ1v) is 14.3. The van der Waals surface area contributed by atoms with Crippen LogP contribution < -0.4 is 4.90 Å². The largest absolute Gasteiger partial charge is 0.456 e. The zero-order valence-electron chi connectivity index (χ0n) is 22.9. The topological polar surface area (TPSA) is 16.4 Å². The first-order chi connectivity index (χ1) is 20.8. The third-order valence-electron chi connectivity index (χ3n) is 8.05. The quantitative estimate of drug-likeness (QED) is 0.217. The highest BCUT2D eigenvalue weighted by Crippen LogP contribution is 2.44. The summed E-state index contributed by atoms with van der Waals surface area (Å²) in [4.78, 5) is 2.29. The van der Waals surface area contributed by atoms with Crippen LogP contribution in [0, 0.1) is 0 Å². The van der Waals surface area contributed by atoms with Crippen molar-refractivity contribution in [3.63, 3.8) is 0 Å². The minimum Gasteiger partial charge on any atom is -0.456 e. The van der Waals surface area contributed by atoms with Crippen LogP contribution in [-0.2, 0) is 0 Å². The Hall–Kier alpha value is -5.60. The van der Waals surface area contributed by atoms with Gasteiger partial charge in [0.05, 0.1) is 0 Å². The number of furan rings is 1. The van der Waals surface area contributed by atoms with Crippen molar-refractivity contribution in [3.8, 4) is 22.3 Å². The SMILES string of the molecule is c1ccc(-c2cccc3ccc4oc5cccc(-c6ccc(N(c7ccccc7)c7ccccc7)cc6)c5c4c23)cc1. The monoisotopic (exact) mass is 537 g/mol. The molecule has 0 bridgehead atoms. The van der Waals surface area contributed by atoms with Crippen molar-refractivity contribution in [1.29, 1.82) is 0 Å². The Morgan fingerprint density at radius 2 is 0.857 bits per heavy atom. The van der Waals surface area contributed by atoms with Crippen LogP contribution in [0.15, 0.2) is 168 Å². The lowest BCUT2D eigenvalue weighted by molar-refractivity contribution is 0.669. The minimum absolute atomic E-state index is 0.900. The summed E-state index contributed by atoms with van der Waals surface area (Å²) in [5, 5.41) is 4.75. The molecular formula is C40H27NO. The first-order valence-electron chi connectivity index (χ1n) is 14.3. The number of anilines is 3. The standard InChI is InChI=1S/C40H27NO/c1-4-12-28(13-5-1)34-19-10-14-30-24-27-37-40(38(30)34)39-35(20-11-21-36(39)42-37)29-22-25-33(26-23-29)41(31-15-6-2-7-16-31)32-17-8-3-9-18-32/h1-27H. The van der Waals surface area contributed by atoms with Crippen LogP contribution in [0.2, 0.25) is 0 Å². The van der Waals surface area contributed by atoms with Crippen molar-refractivity contribution < 1.29 is 4.42 Å². The maximum absolute atomic E-state index is 6.48. The van der Waals surface area contributed by atoms with E-state index in [1.54, 1.807) is 0 Å². The third kappa shape index (κ3) is 4.05. The van der Waals surface area contributed by atoms with Crippen molar-refractivity contribution in [2.75, 3.05) is 4.90 Å². The fraction of sp³-hybridized carbons (Fsp3) is 0. The lowest BCUT2D eigenvalue weighted by atomic mass is 9.92. The first kappa shape index (κ1) is 24.2. The Morgan fingerprint density at radius 1 is 0.333 bits per heavy atom. The van der Waals surface area contributed by atoms with Crippen LogP contribution in [0.5, 0.6) is 0 Å². The minimum atomic E-state index is 0.900. The third-order valence-corrected chi connectivity index (χ3v) is 8.05.